The lowest BCUT2D eigenvalue weighted by atomic mass is 9.86. The van der Waals surface area contributed by atoms with Gasteiger partial charge in [0.2, 0.25) is 5.91 Å². The second-order valence-corrected chi connectivity index (χ2v) is 6.06. The van der Waals surface area contributed by atoms with Crippen LogP contribution >= 0.6 is 0 Å². The van der Waals surface area contributed by atoms with Crippen molar-refractivity contribution in [2.24, 2.45) is 17.8 Å². The Balaban J connectivity index is 1.38. The third-order valence-electron chi connectivity index (χ3n) is 4.76. The highest BCUT2D eigenvalue weighted by atomic mass is 16.1. The molecule has 2 aliphatic carbocycles. The zero-order valence-electron chi connectivity index (χ0n) is 11.3. The fourth-order valence-corrected chi connectivity index (χ4v) is 3.81. The molecule has 1 N–H and O–H groups in total. The van der Waals surface area contributed by atoms with Crippen LogP contribution < -0.4 is 5.32 Å². The Morgan fingerprint density at radius 3 is 2.95 bits per heavy atom. The van der Waals surface area contributed by atoms with Crippen molar-refractivity contribution in [3.05, 3.63) is 30.1 Å². The summed E-state index contributed by atoms with van der Waals surface area (Å²) in [7, 11) is 0. The van der Waals surface area contributed by atoms with E-state index in [4.69, 9.17) is 0 Å². The topological polar surface area (TPSA) is 42.0 Å². The van der Waals surface area contributed by atoms with Gasteiger partial charge in [-0.1, -0.05) is 12.5 Å². The van der Waals surface area contributed by atoms with Gasteiger partial charge in [0.15, 0.2) is 0 Å². The van der Waals surface area contributed by atoms with E-state index in [1.807, 2.05) is 18.2 Å². The molecular formula is C16H22N2O. The summed E-state index contributed by atoms with van der Waals surface area (Å²) in [6.45, 7) is 0.705. The van der Waals surface area contributed by atoms with Gasteiger partial charge in [-0.05, 0) is 49.1 Å². The van der Waals surface area contributed by atoms with Crippen LogP contribution in [-0.4, -0.2) is 17.4 Å². The Morgan fingerprint density at radius 2 is 2.26 bits per heavy atom. The van der Waals surface area contributed by atoms with E-state index in [9.17, 15) is 4.79 Å². The minimum Gasteiger partial charge on any atom is -0.356 e. The molecule has 3 atom stereocenters. The van der Waals surface area contributed by atoms with Crippen molar-refractivity contribution in [1.82, 2.24) is 10.3 Å². The molecule has 3 nitrogen and oxygen atoms in total. The molecule has 19 heavy (non-hydrogen) atoms. The van der Waals surface area contributed by atoms with Gasteiger partial charge in [-0.3, -0.25) is 9.78 Å². The van der Waals surface area contributed by atoms with E-state index in [0.717, 1.165) is 30.4 Å². The van der Waals surface area contributed by atoms with Crippen molar-refractivity contribution in [1.29, 1.82) is 0 Å². The number of amides is 1. The average molecular weight is 258 g/mol. The molecule has 3 rings (SSSR count). The zero-order valence-corrected chi connectivity index (χ0v) is 11.3. The van der Waals surface area contributed by atoms with Crippen LogP contribution in [0.15, 0.2) is 24.4 Å². The first-order valence-electron chi connectivity index (χ1n) is 7.48. The average Bonchev–Trinajstić information content (AvgIpc) is 3.02. The van der Waals surface area contributed by atoms with Crippen LogP contribution in [0.1, 0.15) is 37.8 Å². The van der Waals surface area contributed by atoms with E-state index in [1.165, 1.54) is 25.7 Å². The van der Waals surface area contributed by atoms with E-state index < -0.39 is 0 Å². The normalized spacial score (nSPS) is 28.5. The summed E-state index contributed by atoms with van der Waals surface area (Å²) < 4.78 is 0. The maximum atomic E-state index is 11.9. The van der Waals surface area contributed by atoms with E-state index in [1.54, 1.807) is 6.20 Å². The molecule has 0 aliphatic heterocycles. The highest BCUT2D eigenvalue weighted by Gasteiger charge is 2.39. The molecule has 0 spiro atoms. The molecule has 2 aliphatic rings. The molecule has 0 saturated heterocycles. The Kier molecular flexibility index (Phi) is 3.81. The van der Waals surface area contributed by atoms with Crippen molar-refractivity contribution in [3.8, 4) is 0 Å². The van der Waals surface area contributed by atoms with Crippen LogP contribution in [-0.2, 0) is 11.2 Å². The molecule has 0 unspecified atom stereocenters. The summed E-state index contributed by atoms with van der Waals surface area (Å²) >= 11 is 0. The number of hydrogen-bond acceptors (Lipinski definition) is 2. The van der Waals surface area contributed by atoms with Gasteiger partial charge in [-0.2, -0.15) is 0 Å². The van der Waals surface area contributed by atoms with Crippen LogP contribution in [0.4, 0.5) is 0 Å². The highest BCUT2D eigenvalue weighted by Crippen LogP contribution is 2.49. The maximum Gasteiger partial charge on any atom is 0.220 e. The molecule has 0 aromatic carbocycles. The van der Waals surface area contributed by atoms with Crippen molar-refractivity contribution in [2.75, 3.05) is 6.54 Å². The fraction of sp³-hybridized carbons (Fsp3) is 0.625. The summed E-state index contributed by atoms with van der Waals surface area (Å²) in [5.41, 5.74) is 1.04. The number of carbonyl (C=O) groups excluding carboxylic acids is 1. The lowest BCUT2D eigenvalue weighted by molar-refractivity contribution is -0.122. The first kappa shape index (κ1) is 12.6. The Bertz CT molecular complexity index is 432. The molecule has 1 amide bonds. The van der Waals surface area contributed by atoms with Crippen molar-refractivity contribution in [3.63, 3.8) is 0 Å². The van der Waals surface area contributed by atoms with Gasteiger partial charge in [-0.15, -0.1) is 0 Å². The van der Waals surface area contributed by atoms with E-state index in [2.05, 4.69) is 10.3 Å². The maximum absolute atomic E-state index is 11.9. The van der Waals surface area contributed by atoms with Crippen LogP contribution in [0.5, 0.6) is 0 Å². The van der Waals surface area contributed by atoms with Gasteiger partial charge in [-0.25, -0.2) is 0 Å². The Morgan fingerprint density at radius 1 is 1.32 bits per heavy atom. The molecule has 1 heterocycles. The fourth-order valence-electron chi connectivity index (χ4n) is 3.81. The molecule has 3 heteroatoms. The number of hydrogen-bond donors (Lipinski definition) is 1. The monoisotopic (exact) mass is 258 g/mol. The van der Waals surface area contributed by atoms with E-state index in [0.29, 0.717) is 12.5 Å². The van der Waals surface area contributed by atoms with Crippen LogP contribution in [0.25, 0.3) is 0 Å². The van der Waals surface area contributed by atoms with E-state index in [-0.39, 0.29) is 5.91 Å². The van der Waals surface area contributed by atoms with Crippen LogP contribution in [0, 0.1) is 17.8 Å². The van der Waals surface area contributed by atoms with Crippen molar-refractivity contribution < 1.29 is 4.79 Å². The predicted molar refractivity (Wildman–Crippen MR) is 74.5 cm³/mol. The second kappa shape index (κ2) is 5.72. The molecule has 2 bridgehead atoms. The van der Waals surface area contributed by atoms with Gasteiger partial charge < -0.3 is 5.32 Å². The molecule has 102 valence electrons. The number of pyridine rings is 1. The molecule has 0 radical (unpaired) electrons. The standard InChI is InChI=1S/C16H22N2O/c19-16(11-14-10-12-4-5-13(14)9-12)18-8-6-15-3-1-2-7-17-15/h1-3,7,12-14H,4-6,8-11H2,(H,18,19)/t12-,13-,14-/m0/s1. The zero-order chi connectivity index (χ0) is 13.1. The smallest absolute Gasteiger partial charge is 0.220 e. The number of aromatic nitrogens is 1. The number of nitrogens with zero attached hydrogens (tertiary/aromatic N) is 1. The SMILES string of the molecule is O=C(C[C@@H]1C[C@H]2CC[C@H]1C2)NCCc1ccccn1. The summed E-state index contributed by atoms with van der Waals surface area (Å²) in [4.78, 5) is 16.2. The second-order valence-electron chi connectivity index (χ2n) is 6.06. The van der Waals surface area contributed by atoms with Gasteiger partial charge in [0.25, 0.3) is 0 Å². The van der Waals surface area contributed by atoms with Crippen molar-refractivity contribution >= 4 is 5.91 Å². The summed E-state index contributed by atoms with van der Waals surface area (Å²) in [5, 5.41) is 3.04. The number of fused-ring (bicyclic) bond motifs is 2. The molecule has 2 saturated carbocycles. The Hall–Kier alpha value is -1.38. The minimum atomic E-state index is 0.230. The quantitative estimate of drug-likeness (QED) is 0.882. The summed E-state index contributed by atoms with van der Waals surface area (Å²) in [6, 6.07) is 5.90. The van der Waals surface area contributed by atoms with Gasteiger partial charge in [0, 0.05) is 31.3 Å². The van der Waals surface area contributed by atoms with E-state index >= 15 is 0 Å². The first-order valence-corrected chi connectivity index (χ1v) is 7.48. The Labute approximate surface area is 114 Å². The van der Waals surface area contributed by atoms with Crippen LogP contribution in [0.3, 0.4) is 0 Å². The van der Waals surface area contributed by atoms with Crippen LogP contribution in [0.2, 0.25) is 0 Å². The van der Waals surface area contributed by atoms with Crippen molar-refractivity contribution in [2.45, 2.75) is 38.5 Å². The number of carbonyl (C=O) groups is 1. The third-order valence-corrected chi connectivity index (χ3v) is 4.76. The van der Waals surface area contributed by atoms with Gasteiger partial charge in [0.05, 0.1) is 0 Å². The lowest BCUT2D eigenvalue weighted by Crippen LogP contribution is -2.29. The largest absolute Gasteiger partial charge is 0.356 e. The number of nitrogens with one attached hydrogen (secondary N) is 1. The lowest BCUT2D eigenvalue weighted by Gasteiger charge is -2.20. The number of rotatable bonds is 5. The molecule has 1 aromatic heterocycles. The first-order chi connectivity index (χ1) is 9.31. The van der Waals surface area contributed by atoms with Gasteiger partial charge >= 0.3 is 0 Å². The van der Waals surface area contributed by atoms with Gasteiger partial charge in [0.1, 0.15) is 0 Å². The molecular weight excluding hydrogens is 236 g/mol. The highest BCUT2D eigenvalue weighted by molar-refractivity contribution is 5.76. The third kappa shape index (κ3) is 3.14. The summed E-state index contributed by atoms with van der Waals surface area (Å²) in [6.07, 6.45) is 8.79. The minimum absolute atomic E-state index is 0.230. The predicted octanol–water partition coefficient (Wildman–Crippen LogP) is 2.57. The molecule has 1 aromatic rings. The summed E-state index contributed by atoms with van der Waals surface area (Å²) in [5.74, 6) is 2.66. The molecule has 2 fully saturated rings.